The second-order valence-corrected chi connectivity index (χ2v) is 7.47. The van der Waals surface area contributed by atoms with Gasteiger partial charge in [0.05, 0.1) is 12.1 Å². The molecule has 4 rings (SSSR count). The number of carboxylic acids is 1. The highest BCUT2D eigenvalue weighted by Crippen LogP contribution is 2.50. The fraction of sp³-hybridized carbons (Fsp3) is 0.300. The summed E-state index contributed by atoms with van der Waals surface area (Å²) in [6.45, 7) is 2.24. The molecule has 134 valence electrons. The van der Waals surface area contributed by atoms with E-state index in [1.165, 1.54) is 11.8 Å². The van der Waals surface area contributed by atoms with Crippen LogP contribution in [0.2, 0.25) is 5.02 Å². The van der Waals surface area contributed by atoms with Crippen molar-refractivity contribution in [3.8, 4) is 5.75 Å². The third-order valence-electron chi connectivity index (χ3n) is 5.17. The highest BCUT2D eigenvalue weighted by atomic mass is 35.5. The summed E-state index contributed by atoms with van der Waals surface area (Å²) in [6.07, 6.45) is 2.80. The van der Waals surface area contributed by atoms with Crippen LogP contribution in [0.25, 0.3) is 10.9 Å². The molecular weight excluding hydrogens is 352 g/mol. The minimum absolute atomic E-state index is 0.0567. The zero-order valence-electron chi connectivity index (χ0n) is 14.6. The molecular formula is C20H19ClN2O3. The smallest absolute Gasteiger partial charge is 0.354 e. The summed E-state index contributed by atoms with van der Waals surface area (Å²) in [4.78, 5) is 19.0. The van der Waals surface area contributed by atoms with E-state index in [-0.39, 0.29) is 11.1 Å². The number of aromatic amines is 1. The fourth-order valence-corrected chi connectivity index (χ4v) is 3.66. The molecule has 1 aromatic carbocycles. The van der Waals surface area contributed by atoms with Gasteiger partial charge in [-0.25, -0.2) is 9.78 Å². The molecule has 0 radical (unpaired) electrons. The number of carbonyl (C=O) groups is 1. The third kappa shape index (κ3) is 2.82. The number of halogens is 1. The van der Waals surface area contributed by atoms with E-state index in [4.69, 9.17) is 16.3 Å². The number of ether oxygens (including phenoxy) is 1. The molecule has 1 aliphatic rings. The molecule has 1 fully saturated rings. The Morgan fingerprint density at radius 1 is 1.38 bits per heavy atom. The van der Waals surface area contributed by atoms with Crippen molar-refractivity contribution in [2.45, 2.75) is 31.6 Å². The third-order valence-corrected chi connectivity index (χ3v) is 5.46. The summed E-state index contributed by atoms with van der Waals surface area (Å²) >= 11 is 6.35. The number of carboxylic acid groups (broad SMARTS) is 1. The van der Waals surface area contributed by atoms with Crippen LogP contribution in [0.15, 0.2) is 30.3 Å². The van der Waals surface area contributed by atoms with Gasteiger partial charge in [0, 0.05) is 40.2 Å². The maximum Gasteiger partial charge on any atom is 0.354 e. The van der Waals surface area contributed by atoms with Crippen molar-refractivity contribution in [3.05, 3.63) is 58.0 Å². The lowest BCUT2D eigenvalue weighted by Crippen LogP contribution is -2.07. The first-order chi connectivity index (χ1) is 12.4. The lowest BCUT2D eigenvalue weighted by Gasteiger charge is -2.11. The average Bonchev–Trinajstić information content (AvgIpc) is 3.27. The molecule has 6 heteroatoms. The highest BCUT2D eigenvalue weighted by molar-refractivity contribution is 6.32. The number of hydrogen-bond acceptors (Lipinski definition) is 3. The van der Waals surface area contributed by atoms with Gasteiger partial charge in [-0.3, -0.25) is 0 Å². The Kier molecular flexibility index (Phi) is 3.92. The van der Waals surface area contributed by atoms with Crippen LogP contribution in [-0.4, -0.2) is 28.2 Å². The van der Waals surface area contributed by atoms with Crippen LogP contribution in [0.4, 0.5) is 0 Å². The number of aromatic carboxylic acids is 1. The van der Waals surface area contributed by atoms with Gasteiger partial charge >= 0.3 is 5.97 Å². The van der Waals surface area contributed by atoms with E-state index in [0.29, 0.717) is 17.2 Å². The van der Waals surface area contributed by atoms with Crippen LogP contribution in [0.5, 0.6) is 5.75 Å². The molecule has 0 saturated heterocycles. The van der Waals surface area contributed by atoms with Gasteiger partial charge in [-0.2, -0.15) is 0 Å². The zero-order valence-corrected chi connectivity index (χ0v) is 15.4. The Morgan fingerprint density at radius 3 is 2.81 bits per heavy atom. The van der Waals surface area contributed by atoms with Gasteiger partial charge < -0.3 is 14.8 Å². The minimum Gasteiger partial charge on any atom is -0.495 e. The summed E-state index contributed by atoms with van der Waals surface area (Å²) in [5.74, 6) is -0.390. The molecule has 1 aliphatic carbocycles. The number of benzene rings is 1. The van der Waals surface area contributed by atoms with Gasteiger partial charge in [-0.05, 0) is 36.6 Å². The van der Waals surface area contributed by atoms with E-state index in [2.05, 4.69) is 16.9 Å². The van der Waals surface area contributed by atoms with E-state index in [1.54, 1.807) is 13.2 Å². The van der Waals surface area contributed by atoms with E-state index in [9.17, 15) is 9.90 Å². The molecule has 3 aromatic rings. The largest absolute Gasteiger partial charge is 0.495 e. The van der Waals surface area contributed by atoms with Crippen LogP contribution < -0.4 is 4.74 Å². The highest BCUT2D eigenvalue weighted by Gasteiger charge is 2.42. The van der Waals surface area contributed by atoms with Crippen molar-refractivity contribution in [1.29, 1.82) is 0 Å². The summed E-state index contributed by atoms with van der Waals surface area (Å²) in [5.41, 5.74) is 4.18. The quantitative estimate of drug-likeness (QED) is 0.690. The molecule has 2 aromatic heterocycles. The SMILES string of the molecule is COc1cc2[nH]c(C3(C)CC3)c(Cc3cccc(C(=O)O)n3)c2cc1Cl. The van der Waals surface area contributed by atoms with Gasteiger partial charge in [0.15, 0.2) is 0 Å². The van der Waals surface area contributed by atoms with Crippen LogP contribution in [-0.2, 0) is 11.8 Å². The Balaban J connectivity index is 1.86. The number of nitrogens with one attached hydrogen (secondary N) is 1. The Morgan fingerprint density at radius 2 is 2.15 bits per heavy atom. The molecule has 26 heavy (non-hydrogen) atoms. The molecule has 0 unspecified atom stereocenters. The molecule has 5 nitrogen and oxygen atoms in total. The van der Waals surface area contributed by atoms with Gasteiger partial charge in [0.1, 0.15) is 11.4 Å². The van der Waals surface area contributed by atoms with Crippen molar-refractivity contribution in [1.82, 2.24) is 9.97 Å². The number of rotatable bonds is 5. The molecule has 1 saturated carbocycles. The van der Waals surface area contributed by atoms with Crippen molar-refractivity contribution < 1.29 is 14.6 Å². The molecule has 0 atom stereocenters. The first-order valence-electron chi connectivity index (χ1n) is 8.49. The van der Waals surface area contributed by atoms with Gasteiger partial charge in [-0.1, -0.05) is 24.6 Å². The van der Waals surface area contributed by atoms with Crippen LogP contribution in [0.1, 0.15) is 47.2 Å². The van der Waals surface area contributed by atoms with Crippen LogP contribution in [0, 0.1) is 0 Å². The number of fused-ring (bicyclic) bond motifs is 1. The number of H-pyrrole nitrogens is 1. The van der Waals surface area contributed by atoms with Crippen LogP contribution >= 0.6 is 11.6 Å². The van der Waals surface area contributed by atoms with Crippen molar-refractivity contribution in [3.63, 3.8) is 0 Å². The topological polar surface area (TPSA) is 75.2 Å². The number of hydrogen-bond donors (Lipinski definition) is 2. The molecule has 0 amide bonds. The second-order valence-electron chi connectivity index (χ2n) is 7.07. The van der Waals surface area contributed by atoms with Crippen molar-refractivity contribution in [2.75, 3.05) is 7.11 Å². The summed E-state index contributed by atoms with van der Waals surface area (Å²) in [7, 11) is 1.60. The van der Waals surface area contributed by atoms with Crippen molar-refractivity contribution >= 4 is 28.5 Å². The first-order valence-corrected chi connectivity index (χ1v) is 8.87. The summed E-state index contributed by atoms with van der Waals surface area (Å²) in [6, 6.07) is 8.92. The minimum atomic E-state index is -1.02. The van der Waals surface area contributed by atoms with E-state index < -0.39 is 5.97 Å². The van der Waals surface area contributed by atoms with Crippen LogP contribution in [0.3, 0.4) is 0 Å². The predicted octanol–water partition coefficient (Wildman–Crippen LogP) is 4.57. The lowest BCUT2D eigenvalue weighted by atomic mass is 9.96. The maximum atomic E-state index is 11.2. The monoisotopic (exact) mass is 370 g/mol. The molecule has 2 N–H and O–H groups in total. The molecule has 2 heterocycles. The van der Waals surface area contributed by atoms with E-state index >= 15 is 0 Å². The first kappa shape index (κ1) is 16.9. The van der Waals surface area contributed by atoms with Crippen molar-refractivity contribution in [2.24, 2.45) is 0 Å². The summed E-state index contributed by atoms with van der Waals surface area (Å²) in [5, 5.41) is 10.8. The Bertz CT molecular complexity index is 1020. The van der Waals surface area contributed by atoms with Gasteiger partial charge in [-0.15, -0.1) is 0 Å². The standard InChI is InChI=1S/C20H19ClN2O3/c1-20(6-7-20)18-13(8-11-4-3-5-15(22-11)19(24)25)12-9-14(21)17(26-2)10-16(12)23-18/h3-5,9-10,23H,6-8H2,1-2H3,(H,24,25). The number of pyridine rings is 1. The number of aromatic nitrogens is 2. The Labute approximate surface area is 156 Å². The number of nitrogens with zero attached hydrogens (tertiary/aromatic N) is 1. The molecule has 0 bridgehead atoms. The van der Waals surface area contributed by atoms with Gasteiger partial charge in [0.25, 0.3) is 0 Å². The molecule has 0 aliphatic heterocycles. The molecule has 0 spiro atoms. The summed E-state index contributed by atoms with van der Waals surface area (Å²) < 4.78 is 5.33. The lowest BCUT2D eigenvalue weighted by molar-refractivity contribution is 0.0690. The number of methoxy groups -OCH3 is 1. The van der Waals surface area contributed by atoms with Gasteiger partial charge in [0.2, 0.25) is 0 Å². The van der Waals surface area contributed by atoms with E-state index in [0.717, 1.165) is 35.0 Å². The fourth-order valence-electron chi connectivity index (χ4n) is 3.42. The Hall–Kier alpha value is -2.53. The second kappa shape index (κ2) is 6.02. The predicted molar refractivity (Wildman–Crippen MR) is 100 cm³/mol. The maximum absolute atomic E-state index is 11.2. The van der Waals surface area contributed by atoms with E-state index in [1.807, 2.05) is 18.2 Å². The zero-order chi connectivity index (χ0) is 18.5. The average molecular weight is 371 g/mol. The normalized spacial score (nSPS) is 15.2.